The van der Waals surface area contributed by atoms with Crippen LogP contribution in [0.2, 0.25) is 0 Å². The van der Waals surface area contributed by atoms with Crippen molar-refractivity contribution in [2.24, 2.45) is 11.7 Å². The molecule has 1 fully saturated rings. The molecule has 1 aliphatic rings. The Morgan fingerprint density at radius 1 is 1.10 bits per heavy atom. The summed E-state index contributed by atoms with van der Waals surface area (Å²) in [4.78, 5) is 8.94. The van der Waals surface area contributed by atoms with Crippen molar-refractivity contribution in [3.8, 4) is 28.8 Å². The molecular formula is C24H23N3O3. The molecule has 2 aromatic heterocycles. The van der Waals surface area contributed by atoms with E-state index in [1.165, 1.54) is 12.8 Å². The van der Waals surface area contributed by atoms with Gasteiger partial charge < -0.3 is 19.6 Å². The lowest BCUT2D eigenvalue weighted by Crippen LogP contribution is -2.04. The van der Waals surface area contributed by atoms with Crippen LogP contribution in [0.25, 0.3) is 22.6 Å². The van der Waals surface area contributed by atoms with Gasteiger partial charge in [0.15, 0.2) is 5.58 Å². The minimum atomic E-state index is -0.0568. The molecule has 5 rings (SSSR count). The molecule has 1 aliphatic carbocycles. The minimum Gasteiger partial charge on any atom is -0.493 e. The van der Waals surface area contributed by atoms with Crippen molar-refractivity contribution in [2.45, 2.75) is 25.8 Å². The Hall–Kier alpha value is -3.38. The van der Waals surface area contributed by atoms with Crippen molar-refractivity contribution in [2.75, 3.05) is 6.61 Å². The summed E-state index contributed by atoms with van der Waals surface area (Å²) in [6.07, 6.45) is 4.22. The number of hydrogen-bond acceptors (Lipinski definition) is 6. The van der Waals surface area contributed by atoms with Gasteiger partial charge in [0.05, 0.1) is 12.2 Å². The summed E-state index contributed by atoms with van der Waals surface area (Å²) in [5.74, 6) is 3.22. The smallest absolute Gasteiger partial charge is 0.228 e. The Morgan fingerprint density at radius 3 is 2.73 bits per heavy atom. The van der Waals surface area contributed by atoms with E-state index in [1.807, 2.05) is 55.5 Å². The maximum atomic E-state index is 5.95. The molecule has 2 aromatic carbocycles. The standard InChI is InChI=1S/C24H23N3O3/c1-15(25)17-7-9-21-22(11-17)30-24(27-21)18-8-10-23(26-13-18)29-20-4-2-3-19(12-20)28-14-16-5-6-16/h2-4,7-13,15-16H,5-6,14,25H2,1H3/t15-/m0/s1. The van der Waals surface area contributed by atoms with E-state index >= 15 is 0 Å². The maximum Gasteiger partial charge on any atom is 0.228 e. The number of oxazole rings is 1. The van der Waals surface area contributed by atoms with Crippen LogP contribution in [0.5, 0.6) is 17.4 Å². The molecule has 0 unspecified atom stereocenters. The van der Waals surface area contributed by atoms with Gasteiger partial charge in [-0.25, -0.2) is 9.97 Å². The number of nitrogens with two attached hydrogens (primary N) is 1. The zero-order chi connectivity index (χ0) is 20.5. The average molecular weight is 401 g/mol. The predicted molar refractivity (Wildman–Crippen MR) is 115 cm³/mol. The van der Waals surface area contributed by atoms with Crippen molar-refractivity contribution in [3.05, 3.63) is 66.4 Å². The lowest BCUT2D eigenvalue weighted by atomic mass is 10.1. The highest BCUT2D eigenvalue weighted by Gasteiger charge is 2.21. The fourth-order valence-corrected chi connectivity index (χ4v) is 3.16. The second kappa shape index (κ2) is 7.80. The zero-order valence-corrected chi connectivity index (χ0v) is 16.7. The molecule has 0 saturated heterocycles. The first-order valence-corrected chi connectivity index (χ1v) is 10.2. The number of benzene rings is 2. The molecule has 0 bridgehead atoms. The number of pyridine rings is 1. The number of ether oxygens (including phenoxy) is 2. The Morgan fingerprint density at radius 2 is 1.97 bits per heavy atom. The average Bonchev–Trinajstić information content (AvgIpc) is 3.49. The predicted octanol–water partition coefficient (Wildman–Crippen LogP) is 5.49. The summed E-state index contributed by atoms with van der Waals surface area (Å²) in [6, 6.07) is 17.1. The van der Waals surface area contributed by atoms with Gasteiger partial charge in [-0.1, -0.05) is 12.1 Å². The molecule has 152 valence electrons. The number of aromatic nitrogens is 2. The number of fused-ring (bicyclic) bond motifs is 1. The van der Waals surface area contributed by atoms with Gasteiger partial charge in [-0.3, -0.25) is 0 Å². The van der Waals surface area contributed by atoms with Gasteiger partial charge >= 0.3 is 0 Å². The third-order valence-corrected chi connectivity index (χ3v) is 5.13. The van der Waals surface area contributed by atoms with Crippen LogP contribution in [-0.4, -0.2) is 16.6 Å². The molecule has 30 heavy (non-hydrogen) atoms. The van der Waals surface area contributed by atoms with Crippen LogP contribution < -0.4 is 15.2 Å². The summed E-state index contributed by atoms with van der Waals surface area (Å²) in [5.41, 5.74) is 9.24. The van der Waals surface area contributed by atoms with Gasteiger partial charge in [0, 0.05) is 24.4 Å². The summed E-state index contributed by atoms with van der Waals surface area (Å²) < 4.78 is 17.6. The molecule has 2 heterocycles. The van der Waals surface area contributed by atoms with E-state index in [0.29, 0.717) is 29.0 Å². The molecule has 1 atom stereocenters. The molecule has 1 saturated carbocycles. The third-order valence-electron chi connectivity index (χ3n) is 5.13. The van der Waals surface area contributed by atoms with Crippen LogP contribution in [-0.2, 0) is 0 Å². The highest BCUT2D eigenvalue weighted by Crippen LogP contribution is 2.31. The van der Waals surface area contributed by atoms with Gasteiger partial charge in [0.25, 0.3) is 0 Å². The first-order chi connectivity index (χ1) is 14.6. The Bertz CT molecular complexity index is 1160. The molecule has 2 N–H and O–H groups in total. The normalized spacial score (nSPS) is 14.6. The Balaban J connectivity index is 1.30. The minimum absolute atomic E-state index is 0.0568. The summed E-state index contributed by atoms with van der Waals surface area (Å²) >= 11 is 0. The molecule has 6 heteroatoms. The molecule has 0 radical (unpaired) electrons. The van der Waals surface area contributed by atoms with Crippen LogP contribution in [0.1, 0.15) is 31.4 Å². The number of nitrogens with zero attached hydrogens (tertiary/aromatic N) is 2. The summed E-state index contributed by atoms with van der Waals surface area (Å²) in [7, 11) is 0. The van der Waals surface area contributed by atoms with Crippen LogP contribution in [0, 0.1) is 5.92 Å². The fraction of sp³-hybridized carbons (Fsp3) is 0.250. The first kappa shape index (κ1) is 18.6. The third kappa shape index (κ3) is 4.14. The second-order valence-electron chi connectivity index (χ2n) is 7.75. The largest absolute Gasteiger partial charge is 0.493 e. The van der Waals surface area contributed by atoms with Gasteiger partial charge in [-0.15, -0.1) is 0 Å². The molecular weight excluding hydrogens is 378 g/mol. The number of rotatable bonds is 7. The second-order valence-corrected chi connectivity index (χ2v) is 7.75. The summed E-state index contributed by atoms with van der Waals surface area (Å²) in [5, 5.41) is 0. The molecule has 0 spiro atoms. The molecule has 6 nitrogen and oxygen atoms in total. The zero-order valence-electron chi connectivity index (χ0n) is 16.7. The van der Waals surface area contributed by atoms with Crippen LogP contribution in [0.4, 0.5) is 0 Å². The van der Waals surface area contributed by atoms with Crippen LogP contribution in [0.3, 0.4) is 0 Å². The highest BCUT2D eigenvalue weighted by molar-refractivity contribution is 5.77. The SMILES string of the molecule is C[C@H](N)c1ccc2nc(-c3ccc(Oc4cccc(OCC5CC5)c4)nc3)oc2c1. The van der Waals surface area contributed by atoms with Crippen molar-refractivity contribution in [1.82, 2.24) is 9.97 Å². The monoisotopic (exact) mass is 401 g/mol. The lowest BCUT2D eigenvalue weighted by Gasteiger charge is -2.08. The van der Waals surface area contributed by atoms with E-state index in [-0.39, 0.29) is 6.04 Å². The van der Waals surface area contributed by atoms with E-state index in [0.717, 1.165) is 29.0 Å². The molecule has 0 amide bonds. The van der Waals surface area contributed by atoms with E-state index in [9.17, 15) is 0 Å². The quantitative estimate of drug-likeness (QED) is 0.441. The van der Waals surface area contributed by atoms with Crippen molar-refractivity contribution >= 4 is 11.1 Å². The van der Waals surface area contributed by atoms with E-state index in [2.05, 4.69) is 9.97 Å². The van der Waals surface area contributed by atoms with Crippen molar-refractivity contribution in [3.63, 3.8) is 0 Å². The van der Waals surface area contributed by atoms with E-state index < -0.39 is 0 Å². The van der Waals surface area contributed by atoms with Gasteiger partial charge in [0.1, 0.15) is 17.0 Å². The lowest BCUT2D eigenvalue weighted by molar-refractivity contribution is 0.298. The Labute approximate surface area is 174 Å². The van der Waals surface area contributed by atoms with Crippen molar-refractivity contribution in [1.29, 1.82) is 0 Å². The van der Waals surface area contributed by atoms with Gasteiger partial charge in [-0.05, 0) is 61.6 Å². The highest BCUT2D eigenvalue weighted by atomic mass is 16.5. The maximum absolute atomic E-state index is 5.95. The summed E-state index contributed by atoms with van der Waals surface area (Å²) in [6.45, 7) is 2.71. The van der Waals surface area contributed by atoms with Crippen molar-refractivity contribution < 1.29 is 13.9 Å². The Kier molecular flexibility index (Phi) is 4.85. The van der Waals surface area contributed by atoms with Gasteiger partial charge in [-0.2, -0.15) is 0 Å². The first-order valence-electron chi connectivity index (χ1n) is 10.2. The number of hydrogen-bond donors (Lipinski definition) is 1. The van der Waals surface area contributed by atoms with E-state index in [1.54, 1.807) is 12.3 Å². The molecule has 4 aromatic rings. The van der Waals surface area contributed by atoms with E-state index in [4.69, 9.17) is 19.6 Å². The molecule has 0 aliphatic heterocycles. The topological polar surface area (TPSA) is 83.4 Å². The fourth-order valence-electron chi connectivity index (χ4n) is 3.16. The van der Waals surface area contributed by atoms with Gasteiger partial charge in [0.2, 0.25) is 11.8 Å². The van der Waals surface area contributed by atoms with Crippen LogP contribution >= 0.6 is 0 Å². The van der Waals surface area contributed by atoms with Crippen LogP contribution in [0.15, 0.2) is 65.2 Å².